The number of halogens is 1. The Bertz CT molecular complexity index is 374. The van der Waals surface area contributed by atoms with Gasteiger partial charge in [0.05, 0.1) is 11.7 Å². The quantitative estimate of drug-likeness (QED) is 0.818. The molecule has 1 aliphatic carbocycles. The molecule has 0 aromatic carbocycles. The van der Waals surface area contributed by atoms with Crippen molar-refractivity contribution in [2.45, 2.75) is 25.0 Å². The minimum absolute atomic E-state index is 0.108. The van der Waals surface area contributed by atoms with Crippen LogP contribution in [-0.2, 0) is 4.74 Å². The molecule has 1 fully saturated rings. The smallest absolute Gasteiger partial charge is 0.253 e. The third-order valence-electron chi connectivity index (χ3n) is 2.75. The predicted molar refractivity (Wildman–Crippen MR) is 60.5 cm³/mol. The van der Waals surface area contributed by atoms with Gasteiger partial charge in [-0.2, -0.15) is 0 Å². The summed E-state index contributed by atoms with van der Waals surface area (Å²) < 4.78 is 5.14. The van der Waals surface area contributed by atoms with E-state index in [1.165, 1.54) is 6.20 Å². The second kappa shape index (κ2) is 4.80. The van der Waals surface area contributed by atoms with Gasteiger partial charge in [0.1, 0.15) is 5.15 Å². The molecule has 4 nitrogen and oxygen atoms in total. The van der Waals surface area contributed by atoms with E-state index in [9.17, 15) is 4.79 Å². The van der Waals surface area contributed by atoms with E-state index in [4.69, 9.17) is 16.3 Å². The van der Waals surface area contributed by atoms with Crippen molar-refractivity contribution < 1.29 is 9.53 Å². The van der Waals surface area contributed by atoms with Crippen molar-refractivity contribution >= 4 is 17.5 Å². The number of nitrogens with one attached hydrogen (secondary N) is 1. The van der Waals surface area contributed by atoms with Crippen molar-refractivity contribution in [1.82, 2.24) is 10.3 Å². The summed E-state index contributed by atoms with van der Waals surface area (Å²) in [5, 5.41) is 3.30. The third-order valence-corrected chi connectivity index (χ3v) is 2.98. The zero-order valence-electron chi connectivity index (χ0n) is 8.94. The maximum atomic E-state index is 11.7. The van der Waals surface area contributed by atoms with Gasteiger partial charge in [0, 0.05) is 19.3 Å². The molecule has 16 heavy (non-hydrogen) atoms. The Morgan fingerprint density at radius 2 is 2.31 bits per heavy atom. The Morgan fingerprint density at radius 1 is 1.56 bits per heavy atom. The summed E-state index contributed by atoms with van der Waals surface area (Å²) in [6.07, 6.45) is 3.52. The number of pyridine rings is 1. The van der Waals surface area contributed by atoms with E-state index in [2.05, 4.69) is 10.3 Å². The lowest BCUT2D eigenvalue weighted by atomic mass is 9.89. The number of amides is 1. The highest BCUT2D eigenvalue weighted by Gasteiger charge is 2.30. The highest BCUT2D eigenvalue weighted by Crippen LogP contribution is 2.22. The van der Waals surface area contributed by atoms with E-state index >= 15 is 0 Å². The first-order valence-corrected chi connectivity index (χ1v) is 5.52. The third kappa shape index (κ3) is 2.51. The Balaban J connectivity index is 1.87. The van der Waals surface area contributed by atoms with E-state index in [0.717, 1.165) is 12.8 Å². The molecule has 1 heterocycles. The van der Waals surface area contributed by atoms with E-state index in [-0.39, 0.29) is 18.1 Å². The lowest BCUT2D eigenvalue weighted by Gasteiger charge is -2.34. The molecular weight excluding hydrogens is 228 g/mol. The van der Waals surface area contributed by atoms with Crippen LogP contribution in [0.5, 0.6) is 0 Å². The van der Waals surface area contributed by atoms with E-state index in [1.807, 2.05) is 0 Å². The zero-order valence-corrected chi connectivity index (χ0v) is 9.70. The molecule has 2 rings (SSSR count). The molecule has 1 N–H and O–H groups in total. The Labute approximate surface area is 99.0 Å². The van der Waals surface area contributed by atoms with E-state index in [1.54, 1.807) is 19.2 Å². The number of ether oxygens (including phenoxy) is 1. The van der Waals surface area contributed by atoms with Crippen LogP contribution in [0.15, 0.2) is 18.3 Å². The van der Waals surface area contributed by atoms with Crippen molar-refractivity contribution in [2.75, 3.05) is 7.11 Å². The average molecular weight is 241 g/mol. The number of hydrogen-bond donors (Lipinski definition) is 1. The highest BCUT2D eigenvalue weighted by atomic mass is 35.5. The number of carbonyl (C=O) groups excluding carboxylic acids is 1. The molecule has 0 radical (unpaired) electrons. The zero-order chi connectivity index (χ0) is 11.5. The fourth-order valence-electron chi connectivity index (χ4n) is 1.65. The van der Waals surface area contributed by atoms with Crippen molar-refractivity contribution in [3.63, 3.8) is 0 Å². The molecule has 1 aromatic heterocycles. The maximum absolute atomic E-state index is 11.7. The Morgan fingerprint density at radius 3 is 2.88 bits per heavy atom. The second-order valence-electron chi connectivity index (χ2n) is 3.87. The first-order valence-electron chi connectivity index (χ1n) is 5.14. The van der Waals surface area contributed by atoms with Gasteiger partial charge in [-0.15, -0.1) is 0 Å². The summed E-state index contributed by atoms with van der Waals surface area (Å²) in [5.74, 6) is -0.108. The van der Waals surface area contributed by atoms with Crippen LogP contribution < -0.4 is 5.32 Å². The molecular formula is C11H13ClN2O2. The Hall–Kier alpha value is -1.13. The molecule has 0 unspecified atom stereocenters. The minimum atomic E-state index is -0.108. The standard InChI is InChI=1S/C11H13ClN2O2/c1-16-9-4-8(5-9)14-11(15)7-2-3-10(12)13-6-7/h2-3,6,8-9H,4-5H2,1H3,(H,14,15). The van der Waals surface area contributed by atoms with Crippen LogP contribution in [0.3, 0.4) is 0 Å². The number of nitrogens with zero attached hydrogens (tertiary/aromatic N) is 1. The van der Waals surface area contributed by atoms with Gasteiger partial charge in [-0.1, -0.05) is 11.6 Å². The first kappa shape index (κ1) is 11.4. The SMILES string of the molecule is COC1CC(NC(=O)c2ccc(Cl)nc2)C1. The minimum Gasteiger partial charge on any atom is -0.381 e. The van der Waals surface area contributed by atoms with Gasteiger partial charge in [0.2, 0.25) is 0 Å². The Kier molecular flexibility index (Phi) is 3.41. The average Bonchev–Trinajstić information content (AvgIpc) is 2.23. The highest BCUT2D eigenvalue weighted by molar-refractivity contribution is 6.29. The molecule has 1 amide bonds. The van der Waals surface area contributed by atoms with Crippen LogP contribution in [0.1, 0.15) is 23.2 Å². The van der Waals surface area contributed by atoms with Crippen molar-refractivity contribution in [2.24, 2.45) is 0 Å². The summed E-state index contributed by atoms with van der Waals surface area (Å²) in [5.41, 5.74) is 0.533. The fraction of sp³-hybridized carbons (Fsp3) is 0.455. The summed E-state index contributed by atoms with van der Waals surface area (Å²) in [6.45, 7) is 0. The van der Waals surface area contributed by atoms with Crippen LogP contribution in [-0.4, -0.2) is 30.1 Å². The lowest BCUT2D eigenvalue weighted by molar-refractivity contribution is 0.0176. The largest absolute Gasteiger partial charge is 0.381 e. The molecule has 1 aliphatic rings. The predicted octanol–water partition coefficient (Wildman–Crippen LogP) is 1.64. The van der Waals surface area contributed by atoms with Gasteiger partial charge in [0.25, 0.3) is 5.91 Å². The molecule has 5 heteroatoms. The van der Waals surface area contributed by atoms with Gasteiger partial charge in [-0.05, 0) is 25.0 Å². The molecule has 0 atom stereocenters. The molecule has 0 saturated heterocycles. The van der Waals surface area contributed by atoms with E-state index in [0.29, 0.717) is 10.7 Å². The molecule has 0 aliphatic heterocycles. The summed E-state index contributed by atoms with van der Waals surface area (Å²) in [6, 6.07) is 3.49. The van der Waals surface area contributed by atoms with Crippen molar-refractivity contribution in [3.8, 4) is 0 Å². The lowest BCUT2D eigenvalue weighted by Crippen LogP contribution is -2.47. The maximum Gasteiger partial charge on any atom is 0.253 e. The number of hydrogen-bond acceptors (Lipinski definition) is 3. The number of methoxy groups -OCH3 is 1. The number of carbonyl (C=O) groups is 1. The van der Waals surface area contributed by atoms with Gasteiger partial charge in [0.15, 0.2) is 0 Å². The van der Waals surface area contributed by atoms with Crippen molar-refractivity contribution in [1.29, 1.82) is 0 Å². The normalized spacial score (nSPS) is 23.6. The number of aromatic nitrogens is 1. The molecule has 86 valence electrons. The summed E-state index contributed by atoms with van der Waals surface area (Å²) in [7, 11) is 1.69. The van der Waals surface area contributed by atoms with Crippen LogP contribution in [0.4, 0.5) is 0 Å². The summed E-state index contributed by atoms with van der Waals surface area (Å²) >= 11 is 5.64. The molecule has 1 aromatic rings. The van der Waals surface area contributed by atoms with Crippen LogP contribution in [0.25, 0.3) is 0 Å². The monoisotopic (exact) mass is 240 g/mol. The van der Waals surface area contributed by atoms with Crippen LogP contribution in [0.2, 0.25) is 5.15 Å². The van der Waals surface area contributed by atoms with Gasteiger partial charge in [-0.25, -0.2) is 4.98 Å². The van der Waals surface area contributed by atoms with Gasteiger partial charge < -0.3 is 10.1 Å². The van der Waals surface area contributed by atoms with Crippen LogP contribution >= 0.6 is 11.6 Å². The van der Waals surface area contributed by atoms with E-state index < -0.39 is 0 Å². The van der Waals surface area contributed by atoms with Gasteiger partial charge >= 0.3 is 0 Å². The summed E-state index contributed by atoms with van der Waals surface area (Å²) in [4.78, 5) is 15.6. The number of rotatable bonds is 3. The first-order chi connectivity index (χ1) is 7.69. The molecule has 0 bridgehead atoms. The molecule has 1 saturated carbocycles. The van der Waals surface area contributed by atoms with Crippen LogP contribution in [0, 0.1) is 0 Å². The second-order valence-corrected chi connectivity index (χ2v) is 4.26. The molecule has 0 spiro atoms. The topological polar surface area (TPSA) is 51.2 Å². The van der Waals surface area contributed by atoms with Gasteiger partial charge in [-0.3, -0.25) is 4.79 Å². The fourth-order valence-corrected chi connectivity index (χ4v) is 1.77. The van der Waals surface area contributed by atoms with Crippen molar-refractivity contribution in [3.05, 3.63) is 29.0 Å².